The van der Waals surface area contributed by atoms with Gasteiger partial charge in [-0.05, 0) is 43.5 Å². The largest absolute Gasteiger partial charge is 0.381 e. The fraction of sp³-hybridized carbons (Fsp3) is 0.357. The summed E-state index contributed by atoms with van der Waals surface area (Å²) in [5, 5.41) is -0.760. The molecule has 0 spiro atoms. The SMILES string of the molecule is Cc1ccc(C(C)Nc2nc(N)nc(C(F)(F)Cl)n2)c(C)c1. The predicted octanol–water partition coefficient (Wildman–Crippen LogP) is 3.53. The number of nitrogens with two attached hydrogens (primary N) is 1. The van der Waals surface area contributed by atoms with Crippen molar-refractivity contribution in [3.63, 3.8) is 0 Å². The van der Waals surface area contributed by atoms with Gasteiger partial charge in [-0.25, -0.2) is 0 Å². The molecule has 1 unspecified atom stereocenters. The van der Waals surface area contributed by atoms with Crippen molar-refractivity contribution in [1.82, 2.24) is 15.0 Å². The molecular formula is C14H16ClF2N5. The fourth-order valence-corrected chi connectivity index (χ4v) is 2.25. The van der Waals surface area contributed by atoms with Gasteiger partial charge in [0.05, 0.1) is 6.04 Å². The van der Waals surface area contributed by atoms with Crippen LogP contribution >= 0.6 is 11.6 Å². The Bertz CT molecular complexity index is 687. The molecule has 22 heavy (non-hydrogen) atoms. The molecule has 1 aromatic heterocycles. The molecule has 2 aromatic rings. The number of hydrogen-bond acceptors (Lipinski definition) is 5. The Hall–Kier alpha value is -2.02. The van der Waals surface area contributed by atoms with E-state index in [2.05, 4.69) is 20.3 Å². The highest BCUT2D eigenvalue weighted by molar-refractivity contribution is 6.21. The van der Waals surface area contributed by atoms with Crippen molar-refractivity contribution in [3.05, 3.63) is 40.7 Å². The molecule has 0 fully saturated rings. The fourth-order valence-electron chi connectivity index (χ4n) is 2.17. The van der Waals surface area contributed by atoms with Gasteiger partial charge in [-0.2, -0.15) is 23.7 Å². The number of nitrogens with zero attached hydrogens (tertiary/aromatic N) is 3. The quantitative estimate of drug-likeness (QED) is 0.840. The monoisotopic (exact) mass is 327 g/mol. The third-order valence-electron chi connectivity index (χ3n) is 3.14. The summed E-state index contributed by atoms with van der Waals surface area (Å²) in [6, 6.07) is 5.78. The van der Waals surface area contributed by atoms with Crippen LogP contribution in [0.3, 0.4) is 0 Å². The summed E-state index contributed by atoms with van der Waals surface area (Å²) in [6.07, 6.45) is 0. The minimum Gasteiger partial charge on any atom is -0.368 e. The third kappa shape index (κ3) is 3.79. The molecule has 1 heterocycles. The first-order valence-electron chi connectivity index (χ1n) is 6.59. The van der Waals surface area contributed by atoms with Gasteiger partial charge in [0.25, 0.3) is 0 Å². The molecule has 8 heteroatoms. The smallest absolute Gasteiger partial charge is 0.368 e. The first-order chi connectivity index (χ1) is 10.2. The molecular weight excluding hydrogens is 312 g/mol. The van der Waals surface area contributed by atoms with E-state index in [-0.39, 0.29) is 17.9 Å². The van der Waals surface area contributed by atoms with E-state index in [1.165, 1.54) is 0 Å². The van der Waals surface area contributed by atoms with Crippen LogP contribution in [0.25, 0.3) is 0 Å². The average Bonchev–Trinajstić information content (AvgIpc) is 2.36. The topological polar surface area (TPSA) is 76.7 Å². The first kappa shape index (κ1) is 16.4. The number of nitrogens with one attached hydrogen (secondary N) is 1. The number of nitrogen functional groups attached to an aromatic ring is 1. The molecule has 0 saturated heterocycles. The Morgan fingerprint density at radius 1 is 1.23 bits per heavy atom. The second-order valence-electron chi connectivity index (χ2n) is 5.06. The first-order valence-corrected chi connectivity index (χ1v) is 6.97. The second kappa shape index (κ2) is 6.00. The van der Waals surface area contributed by atoms with Crippen LogP contribution in [-0.2, 0) is 5.38 Å². The Labute approximate surface area is 131 Å². The van der Waals surface area contributed by atoms with Crippen LogP contribution in [0, 0.1) is 13.8 Å². The molecule has 118 valence electrons. The van der Waals surface area contributed by atoms with Gasteiger partial charge in [0.2, 0.25) is 17.7 Å². The van der Waals surface area contributed by atoms with Gasteiger partial charge in [0.1, 0.15) is 0 Å². The van der Waals surface area contributed by atoms with Crippen molar-refractivity contribution in [1.29, 1.82) is 0 Å². The molecule has 0 radical (unpaired) electrons. The number of hydrogen-bond donors (Lipinski definition) is 2. The van der Waals surface area contributed by atoms with Crippen LogP contribution in [0.2, 0.25) is 0 Å². The molecule has 1 aromatic carbocycles. The van der Waals surface area contributed by atoms with E-state index in [9.17, 15) is 8.78 Å². The number of rotatable bonds is 4. The minimum absolute atomic E-state index is 0.0460. The maximum absolute atomic E-state index is 13.1. The minimum atomic E-state index is -3.70. The lowest BCUT2D eigenvalue weighted by Gasteiger charge is -2.18. The number of aromatic nitrogens is 3. The summed E-state index contributed by atoms with van der Waals surface area (Å²) >= 11 is 4.93. The van der Waals surface area contributed by atoms with E-state index in [1.807, 2.05) is 39.0 Å². The van der Waals surface area contributed by atoms with E-state index in [0.717, 1.165) is 16.7 Å². The number of anilines is 2. The van der Waals surface area contributed by atoms with E-state index in [0.29, 0.717) is 0 Å². The Balaban J connectivity index is 2.28. The van der Waals surface area contributed by atoms with Crippen molar-refractivity contribution >= 4 is 23.5 Å². The summed E-state index contributed by atoms with van der Waals surface area (Å²) in [7, 11) is 0. The zero-order valence-corrected chi connectivity index (χ0v) is 13.1. The highest BCUT2D eigenvalue weighted by Crippen LogP contribution is 2.30. The van der Waals surface area contributed by atoms with E-state index in [1.54, 1.807) is 0 Å². The van der Waals surface area contributed by atoms with E-state index in [4.69, 9.17) is 17.3 Å². The summed E-state index contributed by atoms with van der Waals surface area (Å²) in [5.41, 5.74) is 8.64. The van der Waals surface area contributed by atoms with Gasteiger partial charge >= 0.3 is 5.38 Å². The zero-order valence-electron chi connectivity index (χ0n) is 12.4. The molecule has 0 saturated carbocycles. The summed E-state index contributed by atoms with van der Waals surface area (Å²) in [4.78, 5) is 10.8. The van der Waals surface area contributed by atoms with Crippen molar-refractivity contribution in [2.24, 2.45) is 0 Å². The summed E-state index contributed by atoms with van der Waals surface area (Å²) in [5.74, 6) is -1.24. The van der Waals surface area contributed by atoms with Crippen molar-refractivity contribution < 1.29 is 8.78 Å². The number of halogens is 3. The van der Waals surface area contributed by atoms with Gasteiger partial charge in [0, 0.05) is 0 Å². The maximum atomic E-state index is 13.1. The van der Waals surface area contributed by atoms with Gasteiger partial charge < -0.3 is 11.1 Å². The molecule has 0 aliphatic carbocycles. The molecule has 2 rings (SSSR count). The molecule has 0 bridgehead atoms. The Morgan fingerprint density at radius 2 is 1.91 bits per heavy atom. The van der Waals surface area contributed by atoms with Crippen LogP contribution in [-0.4, -0.2) is 15.0 Å². The normalized spacial score (nSPS) is 13.0. The third-order valence-corrected chi connectivity index (χ3v) is 3.31. The molecule has 0 aliphatic heterocycles. The molecule has 0 amide bonds. The second-order valence-corrected chi connectivity index (χ2v) is 5.54. The van der Waals surface area contributed by atoms with Crippen LogP contribution in [0.15, 0.2) is 18.2 Å². The van der Waals surface area contributed by atoms with E-state index < -0.39 is 11.2 Å². The lowest BCUT2D eigenvalue weighted by molar-refractivity contribution is 0.0845. The summed E-state index contributed by atoms with van der Waals surface area (Å²) < 4.78 is 26.2. The number of aryl methyl sites for hydroxylation is 2. The molecule has 5 nitrogen and oxygen atoms in total. The van der Waals surface area contributed by atoms with Gasteiger partial charge in [-0.1, -0.05) is 23.8 Å². The highest BCUT2D eigenvalue weighted by Gasteiger charge is 2.33. The predicted molar refractivity (Wildman–Crippen MR) is 81.9 cm³/mol. The van der Waals surface area contributed by atoms with Gasteiger partial charge in [-0.15, -0.1) is 0 Å². The highest BCUT2D eigenvalue weighted by atomic mass is 35.5. The molecule has 1 atom stereocenters. The Morgan fingerprint density at radius 3 is 2.50 bits per heavy atom. The van der Waals surface area contributed by atoms with Crippen molar-refractivity contribution in [3.8, 4) is 0 Å². The van der Waals surface area contributed by atoms with Crippen LogP contribution in [0.1, 0.15) is 35.5 Å². The molecule has 3 N–H and O–H groups in total. The lowest BCUT2D eigenvalue weighted by Crippen LogP contribution is -2.17. The van der Waals surface area contributed by atoms with E-state index >= 15 is 0 Å². The van der Waals surface area contributed by atoms with Crippen LogP contribution < -0.4 is 11.1 Å². The standard InChI is InChI=1S/C14H16ClF2N5/c1-7-4-5-10(8(2)6-7)9(3)19-13-21-11(14(15,16)17)20-12(18)22-13/h4-6,9H,1-3H3,(H3,18,19,20,21,22). The number of benzene rings is 1. The van der Waals surface area contributed by atoms with Crippen LogP contribution in [0.4, 0.5) is 20.7 Å². The van der Waals surface area contributed by atoms with Crippen LogP contribution in [0.5, 0.6) is 0 Å². The zero-order chi connectivity index (χ0) is 16.5. The maximum Gasteiger partial charge on any atom is 0.381 e. The summed E-state index contributed by atoms with van der Waals surface area (Å²) in [6.45, 7) is 5.84. The number of alkyl halides is 3. The average molecular weight is 328 g/mol. The van der Waals surface area contributed by atoms with Gasteiger partial charge in [0.15, 0.2) is 0 Å². The molecule has 0 aliphatic rings. The Kier molecular flexibility index (Phi) is 4.46. The van der Waals surface area contributed by atoms with Crippen molar-refractivity contribution in [2.75, 3.05) is 11.1 Å². The lowest BCUT2D eigenvalue weighted by atomic mass is 10.0. The van der Waals surface area contributed by atoms with Gasteiger partial charge in [-0.3, -0.25) is 0 Å². The van der Waals surface area contributed by atoms with Crippen molar-refractivity contribution in [2.45, 2.75) is 32.2 Å².